The van der Waals surface area contributed by atoms with E-state index in [0.29, 0.717) is 10.8 Å². The van der Waals surface area contributed by atoms with Crippen LogP contribution in [0.3, 0.4) is 0 Å². The van der Waals surface area contributed by atoms with Gasteiger partial charge in [0.05, 0.1) is 22.3 Å². The predicted molar refractivity (Wildman–Crippen MR) is 89.3 cm³/mol. The van der Waals surface area contributed by atoms with Gasteiger partial charge < -0.3 is 20.4 Å². The van der Waals surface area contributed by atoms with Gasteiger partial charge in [0.15, 0.2) is 0 Å². The van der Waals surface area contributed by atoms with Gasteiger partial charge >= 0.3 is 23.9 Å². The van der Waals surface area contributed by atoms with Gasteiger partial charge in [0.25, 0.3) is 0 Å². The molecule has 0 fully saturated rings. The van der Waals surface area contributed by atoms with Crippen molar-refractivity contribution >= 4 is 45.4 Å². The van der Waals surface area contributed by atoms with Crippen LogP contribution in [0.2, 0.25) is 0 Å². The van der Waals surface area contributed by atoms with Crippen LogP contribution in [0.15, 0.2) is 36.4 Å². The van der Waals surface area contributed by atoms with E-state index in [2.05, 4.69) is 0 Å². The SMILES string of the molecule is O=C(O)c1cc2cc3ccc(C(=O)O)c(C(=O)O)c3cc2cc1C(=O)O. The Morgan fingerprint density at radius 1 is 0.538 bits per heavy atom. The molecule has 3 rings (SSSR count). The third kappa shape index (κ3) is 2.59. The van der Waals surface area contributed by atoms with E-state index < -0.39 is 46.1 Å². The lowest BCUT2D eigenvalue weighted by atomic mass is 9.93. The summed E-state index contributed by atoms with van der Waals surface area (Å²) in [4.78, 5) is 45.5. The molecule has 0 radical (unpaired) electrons. The van der Waals surface area contributed by atoms with Gasteiger partial charge in [-0.15, -0.1) is 0 Å². The third-order valence-corrected chi connectivity index (χ3v) is 4.02. The minimum absolute atomic E-state index is 0.115. The number of rotatable bonds is 4. The summed E-state index contributed by atoms with van der Waals surface area (Å²) in [6, 6.07) is 7.71. The highest BCUT2D eigenvalue weighted by molar-refractivity contribution is 6.15. The summed E-state index contributed by atoms with van der Waals surface area (Å²) < 4.78 is 0. The number of carboxylic acids is 4. The highest BCUT2D eigenvalue weighted by atomic mass is 16.4. The van der Waals surface area contributed by atoms with Gasteiger partial charge in [-0.3, -0.25) is 0 Å². The average Bonchev–Trinajstić information content (AvgIpc) is 2.57. The Kier molecular flexibility index (Phi) is 3.80. The molecule has 0 aliphatic rings. The third-order valence-electron chi connectivity index (χ3n) is 4.02. The van der Waals surface area contributed by atoms with Crippen LogP contribution in [0.5, 0.6) is 0 Å². The first-order valence-electron chi connectivity index (χ1n) is 7.18. The number of hydrogen-bond acceptors (Lipinski definition) is 4. The number of hydrogen-bond donors (Lipinski definition) is 4. The molecule has 0 atom stereocenters. The number of fused-ring (bicyclic) bond motifs is 2. The summed E-state index contributed by atoms with van der Waals surface area (Å²) in [5, 5.41) is 38.2. The fourth-order valence-electron chi connectivity index (χ4n) is 2.89. The molecule has 0 saturated heterocycles. The van der Waals surface area contributed by atoms with Gasteiger partial charge in [0.2, 0.25) is 0 Å². The zero-order chi connectivity index (χ0) is 19.2. The van der Waals surface area contributed by atoms with E-state index in [1.54, 1.807) is 0 Å². The Morgan fingerprint density at radius 2 is 1.04 bits per heavy atom. The Hall–Kier alpha value is -3.94. The molecule has 3 aromatic carbocycles. The number of carboxylic acid groups (broad SMARTS) is 4. The van der Waals surface area contributed by atoms with Crippen LogP contribution in [0.1, 0.15) is 41.4 Å². The summed E-state index contributed by atoms with van der Waals surface area (Å²) >= 11 is 0. The standard InChI is InChI=1S/C18H10O8/c19-15(20)10-2-1-7-3-8-5-12(16(21)22)13(17(23)24)6-9(8)4-11(7)14(10)18(25)26/h1-6H,(H,19,20)(H,21,22)(H,23,24)(H,25,26). The smallest absolute Gasteiger partial charge is 0.337 e. The molecule has 130 valence electrons. The zero-order valence-corrected chi connectivity index (χ0v) is 12.9. The Labute approximate surface area is 144 Å². The Balaban J connectivity index is 2.46. The van der Waals surface area contributed by atoms with Crippen molar-refractivity contribution in [1.82, 2.24) is 0 Å². The molecule has 0 heterocycles. The molecule has 0 aliphatic carbocycles. The molecule has 8 nitrogen and oxygen atoms in total. The fourth-order valence-corrected chi connectivity index (χ4v) is 2.89. The first kappa shape index (κ1) is 16.9. The van der Waals surface area contributed by atoms with Crippen molar-refractivity contribution in [2.24, 2.45) is 0 Å². The number of carbonyl (C=O) groups is 4. The van der Waals surface area contributed by atoms with E-state index in [-0.39, 0.29) is 10.8 Å². The van der Waals surface area contributed by atoms with Crippen molar-refractivity contribution in [3.05, 3.63) is 58.7 Å². The first-order valence-corrected chi connectivity index (χ1v) is 7.18. The molecule has 8 heteroatoms. The van der Waals surface area contributed by atoms with Gasteiger partial charge in [-0.2, -0.15) is 0 Å². The lowest BCUT2D eigenvalue weighted by molar-refractivity contribution is 0.0652. The molecular formula is C18H10O8. The van der Waals surface area contributed by atoms with Gasteiger partial charge in [0.1, 0.15) is 0 Å². The van der Waals surface area contributed by atoms with Gasteiger partial charge in [-0.05, 0) is 51.9 Å². The van der Waals surface area contributed by atoms with Crippen LogP contribution in [-0.4, -0.2) is 44.3 Å². The molecular weight excluding hydrogens is 344 g/mol. The minimum atomic E-state index is -1.44. The fraction of sp³-hybridized carbons (Fsp3) is 0. The molecule has 0 aromatic heterocycles. The van der Waals surface area contributed by atoms with Crippen molar-refractivity contribution in [3.63, 3.8) is 0 Å². The maximum atomic E-state index is 11.6. The molecule has 0 spiro atoms. The summed E-state index contributed by atoms with van der Waals surface area (Å²) in [7, 11) is 0. The van der Waals surface area contributed by atoms with Crippen LogP contribution < -0.4 is 0 Å². The van der Waals surface area contributed by atoms with Crippen molar-refractivity contribution in [2.75, 3.05) is 0 Å². The zero-order valence-electron chi connectivity index (χ0n) is 12.9. The van der Waals surface area contributed by atoms with E-state index in [1.165, 1.54) is 24.3 Å². The topological polar surface area (TPSA) is 149 Å². The Bertz CT molecular complexity index is 1130. The molecule has 3 aromatic rings. The van der Waals surface area contributed by atoms with Crippen LogP contribution in [0.25, 0.3) is 21.5 Å². The summed E-state index contributed by atoms with van der Waals surface area (Å²) in [5.74, 6) is -5.69. The van der Waals surface area contributed by atoms with Crippen LogP contribution in [-0.2, 0) is 0 Å². The second-order valence-electron chi connectivity index (χ2n) is 5.53. The van der Waals surface area contributed by atoms with Crippen molar-refractivity contribution in [2.45, 2.75) is 0 Å². The minimum Gasteiger partial charge on any atom is -0.478 e. The van der Waals surface area contributed by atoms with E-state index in [0.717, 1.165) is 12.1 Å². The largest absolute Gasteiger partial charge is 0.478 e. The second-order valence-corrected chi connectivity index (χ2v) is 5.53. The van der Waals surface area contributed by atoms with E-state index in [9.17, 15) is 39.6 Å². The van der Waals surface area contributed by atoms with Crippen molar-refractivity contribution < 1.29 is 39.6 Å². The molecule has 4 N–H and O–H groups in total. The summed E-state index contributed by atoms with van der Waals surface area (Å²) in [5.41, 5.74) is -1.67. The molecule has 0 unspecified atom stereocenters. The highest BCUT2D eigenvalue weighted by Gasteiger charge is 2.21. The molecule has 0 bridgehead atoms. The number of benzene rings is 3. The summed E-state index contributed by atoms with van der Waals surface area (Å²) in [6.45, 7) is 0. The Morgan fingerprint density at radius 3 is 1.50 bits per heavy atom. The second kappa shape index (κ2) is 5.85. The average molecular weight is 354 g/mol. The van der Waals surface area contributed by atoms with E-state index in [1.807, 2.05) is 0 Å². The van der Waals surface area contributed by atoms with E-state index >= 15 is 0 Å². The van der Waals surface area contributed by atoms with Gasteiger partial charge in [0, 0.05) is 0 Å². The van der Waals surface area contributed by atoms with Crippen LogP contribution in [0, 0.1) is 0 Å². The van der Waals surface area contributed by atoms with Crippen molar-refractivity contribution in [1.29, 1.82) is 0 Å². The lowest BCUT2D eigenvalue weighted by Crippen LogP contribution is -2.09. The normalized spacial score (nSPS) is 10.8. The molecule has 0 amide bonds. The predicted octanol–water partition coefficient (Wildman–Crippen LogP) is 2.79. The maximum absolute atomic E-state index is 11.6. The van der Waals surface area contributed by atoms with Crippen LogP contribution in [0.4, 0.5) is 0 Å². The van der Waals surface area contributed by atoms with E-state index in [4.69, 9.17) is 0 Å². The lowest BCUT2D eigenvalue weighted by Gasteiger charge is -2.10. The molecule has 26 heavy (non-hydrogen) atoms. The maximum Gasteiger partial charge on any atom is 0.337 e. The van der Waals surface area contributed by atoms with Gasteiger partial charge in [-0.1, -0.05) is 6.07 Å². The molecule has 0 aliphatic heterocycles. The first-order chi connectivity index (χ1) is 12.2. The van der Waals surface area contributed by atoms with Crippen molar-refractivity contribution in [3.8, 4) is 0 Å². The quantitative estimate of drug-likeness (QED) is 0.522. The highest BCUT2D eigenvalue weighted by Crippen LogP contribution is 2.30. The van der Waals surface area contributed by atoms with Crippen LogP contribution >= 0.6 is 0 Å². The molecule has 0 saturated carbocycles. The summed E-state index contributed by atoms with van der Waals surface area (Å²) in [6.07, 6.45) is 0. The monoisotopic (exact) mass is 354 g/mol. The van der Waals surface area contributed by atoms with Gasteiger partial charge in [-0.25, -0.2) is 19.2 Å². The number of aromatic carboxylic acids is 4.